The molecule has 1 N–H and O–H groups in total. The van der Waals surface area contributed by atoms with Gasteiger partial charge in [0.1, 0.15) is 11.6 Å². The fourth-order valence-electron chi connectivity index (χ4n) is 3.43. The summed E-state index contributed by atoms with van der Waals surface area (Å²) >= 11 is 0. The number of methoxy groups -OCH3 is 1. The number of piperazine rings is 1. The molecule has 0 spiro atoms. The van der Waals surface area contributed by atoms with Gasteiger partial charge in [0, 0.05) is 32.7 Å². The van der Waals surface area contributed by atoms with E-state index < -0.39 is 0 Å². The van der Waals surface area contributed by atoms with Gasteiger partial charge in [-0.2, -0.15) is 10.2 Å². The summed E-state index contributed by atoms with van der Waals surface area (Å²) in [5.74, 6) is 0.503. The molecule has 28 heavy (non-hydrogen) atoms. The molecule has 0 bridgehead atoms. The minimum Gasteiger partial charge on any atom is -0.468 e. The van der Waals surface area contributed by atoms with Gasteiger partial charge in [0.05, 0.1) is 23.9 Å². The molecule has 1 aliphatic rings. The molecule has 8 nitrogen and oxygen atoms in total. The van der Waals surface area contributed by atoms with Crippen LogP contribution < -0.4 is 15.0 Å². The van der Waals surface area contributed by atoms with Crippen LogP contribution in [0.15, 0.2) is 12.1 Å². The van der Waals surface area contributed by atoms with Gasteiger partial charge < -0.3 is 19.9 Å². The minimum absolute atomic E-state index is 0.225. The SMILES string of the molecule is COc1nc2c(N3CCN(C)CC3)c(C#N)ccc2n1C(=O)NCCC(C)C. The van der Waals surface area contributed by atoms with Gasteiger partial charge in [-0.15, -0.1) is 0 Å². The van der Waals surface area contributed by atoms with Crippen molar-refractivity contribution in [1.82, 2.24) is 19.8 Å². The number of carbonyl (C=O) groups is 1. The third kappa shape index (κ3) is 3.90. The fourth-order valence-corrected chi connectivity index (χ4v) is 3.43. The predicted octanol–water partition coefficient (Wildman–Crippen LogP) is 2.27. The zero-order valence-electron chi connectivity index (χ0n) is 17.0. The van der Waals surface area contributed by atoms with Crippen LogP contribution in [0.5, 0.6) is 6.01 Å². The number of nitriles is 1. The van der Waals surface area contributed by atoms with E-state index in [-0.39, 0.29) is 12.0 Å². The molecule has 2 aromatic rings. The lowest BCUT2D eigenvalue weighted by molar-refractivity contribution is 0.238. The predicted molar refractivity (Wildman–Crippen MR) is 109 cm³/mol. The van der Waals surface area contributed by atoms with Gasteiger partial charge in [-0.25, -0.2) is 9.36 Å². The van der Waals surface area contributed by atoms with E-state index in [1.165, 1.54) is 11.7 Å². The van der Waals surface area contributed by atoms with Crippen molar-refractivity contribution in [2.75, 3.05) is 51.8 Å². The Balaban J connectivity index is 2.03. The van der Waals surface area contributed by atoms with Crippen LogP contribution >= 0.6 is 0 Å². The largest absolute Gasteiger partial charge is 0.468 e. The summed E-state index contributed by atoms with van der Waals surface area (Å²) in [6.07, 6.45) is 0.895. The van der Waals surface area contributed by atoms with Gasteiger partial charge in [-0.1, -0.05) is 13.8 Å². The van der Waals surface area contributed by atoms with Gasteiger partial charge in [-0.05, 0) is 31.5 Å². The molecule has 1 aromatic heterocycles. The van der Waals surface area contributed by atoms with Crippen molar-refractivity contribution < 1.29 is 9.53 Å². The Morgan fingerprint density at radius 3 is 2.64 bits per heavy atom. The second-order valence-corrected chi connectivity index (χ2v) is 7.58. The maximum absolute atomic E-state index is 12.8. The lowest BCUT2D eigenvalue weighted by Gasteiger charge is -2.34. The van der Waals surface area contributed by atoms with Crippen LogP contribution in [0.3, 0.4) is 0 Å². The molecule has 0 radical (unpaired) electrons. The Labute approximate surface area is 165 Å². The van der Waals surface area contributed by atoms with Crippen LogP contribution in [0.25, 0.3) is 11.0 Å². The number of benzene rings is 1. The van der Waals surface area contributed by atoms with E-state index in [1.54, 1.807) is 12.1 Å². The van der Waals surface area contributed by atoms with Crippen LogP contribution in [-0.2, 0) is 0 Å². The number of amides is 1. The maximum atomic E-state index is 12.8. The third-order valence-electron chi connectivity index (χ3n) is 5.09. The van der Waals surface area contributed by atoms with Crippen molar-refractivity contribution in [2.24, 2.45) is 5.92 Å². The number of hydrogen-bond donors (Lipinski definition) is 1. The highest BCUT2D eigenvalue weighted by atomic mass is 16.5. The Kier molecular flexibility index (Phi) is 6.05. The Hall–Kier alpha value is -2.79. The first-order chi connectivity index (χ1) is 13.5. The molecular weight excluding hydrogens is 356 g/mol. The lowest BCUT2D eigenvalue weighted by atomic mass is 10.1. The average molecular weight is 384 g/mol. The first-order valence-electron chi connectivity index (χ1n) is 9.67. The Bertz CT molecular complexity index is 890. The number of rotatable bonds is 5. The molecule has 0 unspecified atom stereocenters. The van der Waals surface area contributed by atoms with E-state index in [0.29, 0.717) is 29.1 Å². The van der Waals surface area contributed by atoms with Gasteiger partial charge in [-0.3, -0.25) is 0 Å². The Morgan fingerprint density at radius 2 is 2.04 bits per heavy atom. The standard InChI is InChI=1S/C20H28N6O2/c1-14(2)7-8-22-19(27)26-16-6-5-15(13-21)18(17(16)23-20(26)28-4)25-11-9-24(3)10-12-25/h5-6,14H,7-12H2,1-4H3,(H,22,27). The first kappa shape index (κ1) is 20.0. The number of carbonyl (C=O) groups excluding carboxylic acids is 1. The number of imidazole rings is 1. The summed E-state index contributed by atoms with van der Waals surface area (Å²) in [5, 5.41) is 12.6. The molecular formula is C20H28N6O2. The summed E-state index contributed by atoms with van der Waals surface area (Å²) in [6.45, 7) is 8.25. The lowest BCUT2D eigenvalue weighted by Crippen LogP contribution is -2.44. The highest BCUT2D eigenvalue weighted by Gasteiger charge is 2.25. The van der Waals surface area contributed by atoms with Crippen LogP contribution in [0.4, 0.5) is 10.5 Å². The summed E-state index contributed by atoms with van der Waals surface area (Å²) in [4.78, 5) is 21.8. The van der Waals surface area contributed by atoms with E-state index in [2.05, 4.69) is 47.1 Å². The highest BCUT2D eigenvalue weighted by molar-refractivity contribution is 5.99. The van der Waals surface area contributed by atoms with Gasteiger partial charge >= 0.3 is 12.0 Å². The van der Waals surface area contributed by atoms with Gasteiger partial charge in [0.15, 0.2) is 0 Å². The monoisotopic (exact) mass is 384 g/mol. The highest BCUT2D eigenvalue weighted by Crippen LogP contribution is 2.33. The van der Waals surface area contributed by atoms with E-state index in [0.717, 1.165) is 38.3 Å². The van der Waals surface area contributed by atoms with E-state index in [9.17, 15) is 10.1 Å². The first-order valence-corrected chi connectivity index (χ1v) is 9.67. The molecule has 1 fully saturated rings. The Morgan fingerprint density at radius 1 is 1.32 bits per heavy atom. The molecule has 1 aromatic carbocycles. The van der Waals surface area contributed by atoms with Crippen molar-refractivity contribution in [3.8, 4) is 12.1 Å². The number of hydrogen-bond acceptors (Lipinski definition) is 6. The summed E-state index contributed by atoms with van der Waals surface area (Å²) < 4.78 is 6.85. The van der Waals surface area contributed by atoms with E-state index in [4.69, 9.17) is 4.74 Å². The zero-order chi connectivity index (χ0) is 20.3. The van der Waals surface area contributed by atoms with Gasteiger partial charge in [0.2, 0.25) is 0 Å². The minimum atomic E-state index is -0.269. The van der Waals surface area contributed by atoms with Crippen molar-refractivity contribution in [3.63, 3.8) is 0 Å². The normalized spacial score (nSPS) is 15.1. The average Bonchev–Trinajstić information content (AvgIpc) is 3.06. The number of fused-ring (bicyclic) bond motifs is 1. The molecule has 150 valence electrons. The number of aromatic nitrogens is 2. The second kappa shape index (κ2) is 8.48. The van der Waals surface area contributed by atoms with Crippen molar-refractivity contribution >= 4 is 22.8 Å². The molecule has 1 aliphatic heterocycles. The maximum Gasteiger partial charge on any atom is 0.330 e. The zero-order valence-corrected chi connectivity index (χ0v) is 17.0. The molecule has 2 heterocycles. The molecule has 1 saturated heterocycles. The second-order valence-electron chi connectivity index (χ2n) is 7.58. The van der Waals surface area contributed by atoms with Crippen LogP contribution in [0, 0.1) is 17.2 Å². The van der Waals surface area contributed by atoms with Gasteiger partial charge in [0.25, 0.3) is 0 Å². The fraction of sp³-hybridized carbons (Fsp3) is 0.550. The van der Waals surface area contributed by atoms with E-state index >= 15 is 0 Å². The van der Waals surface area contributed by atoms with Crippen molar-refractivity contribution in [3.05, 3.63) is 17.7 Å². The molecule has 3 rings (SSSR count). The molecule has 8 heteroatoms. The molecule has 1 amide bonds. The number of nitrogens with zero attached hydrogens (tertiary/aromatic N) is 5. The third-order valence-corrected chi connectivity index (χ3v) is 5.09. The molecule has 0 aliphatic carbocycles. The van der Waals surface area contributed by atoms with E-state index in [1.807, 2.05) is 0 Å². The van der Waals surface area contributed by atoms with Crippen LogP contribution in [0.1, 0.15) is 25.8 Å². The molecule has 0 atom stereocenters. The number of ether oxygens (including phenoxy) is 1. The number of nitrogens with one attached hydrogen (secondary N) is 1. The summed E-state index contributed by atoms with van der Waals surface area (Å²) in [6, 6.07) is 5.76. The van der Waals surface area contributed by atoms with Crippen LogP contribution in [0.2, 0.25) is 0 Å². The molecule has 0 saturated carbocycles. The van der Waals surface area contributed by atoms with Crippen LogP contribution in [-0.4, -0.2) is 67.4 Å². The summed E-state index contributed by atoms with van der Waals surface area (Å²) in [5.41, 5.74) is 2.61. The van der Waals surface area contributed by atoms with Crippen molar-refractivity contribution in [1.29, 1.82) is 5.26 Å². The summed E-state index contributed by atoms with van der Waals surface area (Å²) in [7, 11) is 3.59. The van der Waals surface area contributed by atoms with Crippen molar-refractivity contribution in [2.45, 2.75) is 20.3 Å². The topological polar surface area (TPSA) is 86.4 Å². The smallest absolute Gasteiger partial charge is 0.330 e. The quantitative estimate of drug-likeness (QED) is 0.851. The number of anilines is 1. The number of likely N-dealkylation sites (N-methyl/N-ethyl adjacent to an activating group) is 1.